The smallest absolute Gasteiger partial charge is 0.397 e. The fraction of sp³-hybridized carbons (Fsp3) is 0. The highest BCUT2D eigenvalue weighted by Crippen LogP contribution is 2.29. The van der Waals surface area contributed by atoms with Crippen molar-refractivity contribution in [2.75, 3.05) is 5.32 Å². The summed E-state index contributed by atoms with van der Waals surface area (Å²) in [5, 5.41) is 18.6. The van der Waals surface area contributed by atoms with Crippen LogP contribution >= 0.6 is 12.0 Å². The predicted octanol–water partition coefficient (Wildman–Crippen LogP) is 4.81. The van der Waals surface area contributed by atoms with Gasteiger partial charge < -0.3 is 19.7 Å². The zero-order valence-corrected chi connectivity index (χ0v) is 16.4. The molecule has 0 saturated heterocycles. The molecule has 1 amide bonds. The Kier molecular flexibility index (Phi) is 5.69. The van der Waals surface area contributed by atoms with E-state index in [-0.39, 0.29) is 11.7 Å². The molecule has 3 aromatic carbocycles. The molecule has 30 heavy (non-hydrogen) atoms. The molecule has 0 radical (unpaired) electrons. The third-order valence-corrected chi connectivity index (χ3v) is 4.78. The van der Waals surface area contributed by atoms with Crippen LogP contribution in [0.4, 0.5) is 5.69 Å². The lowest BCUT2D eigenvalue weighted by molar-refractivity contribution is -0.457. The molecule has 150 valence electrons. The van der Waals surface area contributed by atoms with E-state index in [9.17, 15) is 9.90 Å². The summed E-state index contributed by atoms with van der Waals surface area (Å²) in [4.78, 5) is 13.2. The van der Waals surface area contributed by atoms with E-state index in [0.29, 0.717) is 51.1 Å². The molecule has 1 heterocycles. The number of amides is 1. The SMILES string of the molecule is O=C(Nc1cccc(SO)c1)c1cccc(Oc2cc(-c3ccccc3O)[nH][nH+]2)c1. The number of carbonyl (C=O) groups excluding carboxylic acids is 1. The van der Waals surface area contributed by atoms with E-state index in [2.05, 4.69) is 15.5 Å². The van der Waals surface area contributed by atoms with Gasteiger partial charge in [-0.3, -0.25) is 4.79 Å². The zero-order chi connectivity index (χ0) is 20.9. The first-order valence-corrected chi connectivity index (χ1v) is 9.79. The van der Waals surface area contributed by atoms with Crippen LogP contribution in [0.1, 0.15) is 10.4 Å². The summed E-state index contributed by atoms with van der Waals surface area (Å²) in [5.41, 5.74) is 2.31. The molecule has 5 N–H and O–H groups in total. The molecule has 7 nitrogen and oxygen atoms in total. The van der Waals surface area contributed by atoms with Gasteiger partial charge in [-0.05, 0) is 48.5 Å². The number of H-pyrrole nitrogens is 2. The Bertz CT molecular complexity index is 1190. The Labute approximate surface area is 176 Å². The van der Waals surface area contributed by atoms with Crippen molar-refractivity contribution in [2.45, 2.75) is 4.90 Å². The minimum absolute atomic E-state index is 0.154. The van der Waals surface area contributed by atoms with Crippen molar-refractivity contribution < 1.29 is 24.3 Å². The van der Waals surface area contributed by atoms with E-state index in [1.165, 1.54) is 0 Å². The first kappa shape index (κ1) is 19.6. The number of hydrogen-bond donors (Lipinski definition) is 4. The molecule has 0 atom stereocenters. The molecule has 0 fully saturated rings. The zero-order valence-electron chi connectivity index (χ0n) is 15.6. The number of aromatic hydroxyl groups is 1. The minimum Gasteiger partial charge on any atom is -0.507 e. The molecule has 0 aliphatic rings. The van der Waals surface area contributed by atoms with Crippen molar-refractivity contribution in [3.63, 3.8) is 0 Å². The van der Waals surface area contributed by atoms with Crippen molar-refractivity contribution in [2.24, 2.45) is 0 Å². The van der Waals surface area contributed by atoms with Crippen LogP contribution in [0.3, 0.4) is 0 Å². The third kappa shape index (κ3) is 4.45. The van der Waals surface area contributed by atoms with Crippen LogP contribution in [0.2, 0.25) is 0 Å². The minimum atomic E-state index is -0.298. The van der Waals surface area contributed by atoms with E-state index in [1.54, 1.807) is 72.8 Å². The van der Waals surface area contributed by atoms with Crippen LogP contribution in [0.15, 0.2) is 83.8 Å². The summed E-state index contributed by atoms with van der Waals surface area (Å²) in [5.74, 6) is 0.759. The van der Waals surface area contributed by atoms with Crippen LogP contribution in [-0.2, 0) is 0 Å². The summed E-state index contributed by atoms with van der Waals surface area (Å²) >= 11 is 0.617. The summed E-state index contributed by atoms with van der Waals surface area (Å²) < 4.78 is 15.0. The second-order valence-electron chi connectivity index (χ2n) is 6.39. The van der Waals surface area contributed by atoms with Gasteiger partial charge in [0, 0.05) is 33.8 Å². The van der Waals surface area contributed by atoms with Gasteiger partial charge >= 0.3 is 5.88 Å². The summed E-state index contributed by atoms with van der Waals surface area (Å²) in [6, 6.07) is 22.4. The maximum atomic E-state index is 12.6. The van der Waals surface area contributed by atoms with Crippen molar-refractivity contribution in [1.29, 1.82) is 0 Å². The number of anilines is 1. The molecule has 0 saturated carbocycles. The van der Waals surface area contributed by atoms with Gasteiger partial charge in [0.05, 0.1) is 6.07 Å². The summed E-state index contributed by atoms with van der Waals surface area (Å²) in [6.45, 7) is 0. The number of nitrogens with one attached hydrogen (secondary N) is 3. The highest BCUT2D eigenvalue weighted by Gasteiger charge is 2.15. The largest absolute Gasteiger partial charge is 0.507 e. The monoisotopic (exact) mass is 420 g/mol. The molecule has 0 bridgehead atoms. The lowest BCUT2D eigenvalue weighted by atomic mass is 10.1. The average molecular weight is 420 g/mol. The number of rotatable bonds is 6. The third-order valence-electron chi connectivity index (χ3n) is 4.31. The number of aromatic nitrogens is 2. The molecule has 0 aliphatic carbocycles. The normalized spacial score (nSPS) is 10.6. The molecule has 8 heteroatoms. The van der Waals surface area contributed by atoms with Gasteiger partial charge in [-0.15, -0.1) is 0 Å². The van der Waals surface area contributed by atoms with Gasteiger partial charge in [0.25, 0.3) is 5.91 Å². The van der Waals surface area contributed by atoms with Gasteiger partial charge in [-0.25, -0.2) is 0 Å². The first-order chi connectivity index (χ1) is 14.6. The Balaban J connectivity index is 1.48. The fourth-order valence-electron chi connectivity index (χ4n) is 2.90. The number of para-hydroxylation sites is 1. The quantitative estimate of drug-likeness (QED) is 0.335. The standard InChI is InChI=1S/C22H17N3O4S/c26-20-10-2-1-9-18(20)19-13-21(25-24-19)29-16-7-3-5-14(11-16)22(27)23-15-6-4-8-17(12-15)30-28/h1-13,26,28H,(H,23,27)(H,24,25)/p+1. The number of phenolic OH excluding ortho intramolecular Hbond substituents is 1. The Morgan fingerprint density at radius 2 is 1.83 bits per heavy atom. The molecule has 0 spiro atoms. The molecule has 0 aliphatic heterocycles. The molecular formula is C22H18N3O4S+. The second-order valence-corrected chi connectivity index (χ2v) is 7.05. The van der Waals surface area contributed by atoms with Gasteiger partial charge in [-0.2, -0.15) is 5.10 Å². The van der Waals surface area contributed by atoms with Crippen LogP contribution in [0, 0.1) is 0 Å². The van der Waals surface area contributed by atoms with E-state index in [0.717, 1.165) is 0 Å². The van der Waals surface area contributed by atoms with Crippen LogP contribution in [-0.4, -0.2) is 20.7 Å². The first-order valence-electron chi connectivity index (χ1n) is 9.02. The van der Waals surface area contributed by atoms with Gasteiger partial charge in [0.2, 0.25) is 0 Å². The second kappa shape index (κ2) is 8.73. The van der Waals surface area contributed by atoms with E-state index < -0.39 is 0 Å². The van der Waals surface area contributed by atoms with Crippen molar-refractivity contribution in [1.82, 2.24) is 5.10 Å². The van der Waals surface area contributed by atoms with Crippen LogP contribution < -0.4 is 15.2 Å². The fourth-order valence-corrected chi connectivity index (χ4v) is 3.21. The lowest BCUT2D eigenvalue weighted by Gasteiger charge is -2.07. The van der Waals surface area contributed by atoms with Gasteiger partial charge in [0.15, 0.2) is 0 Å². The maximum absolute atomic E-state index is 12.6. The molecule has 4 aromatic rings. The van der Waals surface area contributed by atoms with Gasteiger partial charge in [-0.1, -0.05) is 29.4 Å². The molecule has 0 unspecified atom stereocenters. The van der Waals surface area contributed by atoms with E-state index in [1.807, 2.05) is 6.07 Å². The lowest BCUT2D eigenvalue weighted by Crippen LogP contribution is -2.12. The number of phenols is 1. The number of carbonyl (C=O) groups is 1. The molecule has 4 rings (SSSR count). The van der Waals surface area contributed by atoms with E-state index >= 15 is 0 Å². The Morgan fingerprint density at radius 3 is 2.67 bits per heavy atom. The predicted molar refractivity (Wildman–Crippen MR) is 114 cm³/mol. The Hall–Kier alpha value is -3.75. The molecular weight excluding hydrogens is 402 g/mol. The van der Waals surface area contributed by atoms with Gasteiger partial charge in [0.1, 0.15) is 17.2 Å². The summed E-state index contributed by atoms with van der Waals surface area (Å²) in [7, 11) is 0. The number of benzene rings is 3. The summed E-state index contributed by atoms with van der Waals surface area (Å²) in [6.07, 6.45) is 0. The Morgan fingerprint density at radius 1 is 1.00 bits per heavy atom. The number of hydrogen-bond acceptors (Lipinski definition) is 5. The number of aromatic amines is 2. The van der Waals surface area contributed by atoms with Crippen molar-refractivity contribution >= 4 is 23.6 Å². The maximum Gasteiger partial charge on any atom is 0.397 e. The topological polar surface area (TPSA) is 109 Å². The van der Waals surface area contributed by atoms with Crippen LogP contribution in [0.5, 0.6) is 17.4 Å². The average Bonchev–Trinajstić information content (AvgIpc) is 3.22. The van der Waals surface area contributed by atoms with E-state index in [4.69, 9.17) is 9.29 Å². The molecule has 1 aromatic heterocycles. The number of ether oxygens (including phenoxy) is 1. The highest BCUT2D eigenvalue weighted by atomic mass is 32.2. The van der Waals surface area contributed by atoms with Crippen molar-refractivity contribution in [3.8, 4) is 28.6 Å². The van der Waals surface area contributed by atoms with Crippen LogP contribution in [0.25, 0.3) is 11.3 Å². The van der Waals surface area contributed by atoms with Crippen molar-refractivity contribution in [3.05, 3.63) is 84.4 Å². The highest BCUT2D eigenvalue weighted by molar-refractivity contribution is 7.93.